The number of rotatable bonds is 4. The lowest BCUT2D eigenvalue weighted by Crippen LogP contribution is -2.40. The number of benzene rings is 3. The van der Waals surface area contributed by atoms with Crippen LogP contribution in [0.25, 0.3) is 6.08 Å². The smallest absolute Gasteiger partial charge is 0.271 e. The van der Waals surface area contributed by atoms with Gasteiger partial charge in [0.1, 0.15) is 0 Å². The molecule has 0 radical (unpaired) electrons. The first-order valence-electron chi connectivity index (χ1n) is 10.7. The first-order chi connectivity index (χ1) is 16.5. The number of thiazole rings is 1. The molecular weight excluding hydrogens is 466 g/mol. The van der Waals surface area contributed by atoms with Crippen LogP contribution in [-0.4, -0.2) is 10.5 Å². The van der Waals surface area contributed by atoms with Crippen LogP contribution < -0.4 is 20.2 Å². The highest BCUT2D eigenvalue weighted by molar-refractivity contribution is 7.07. The lowest BCUT2D eigenvalue weighted by molar-refractivity contribution is -0.113. The highest BCUT2D eigenvalue weighted by atomic mass is 35.5. The van der Waals surface area contributed by atoms with Crippen LogP contribution in [0.5, 0.6) is 0 Å². The zero-order valence-corrected chi connectivity index (χ0v) is 19.8. The summed E-state index contributed by atoms with van der Waals surface area (Å²) in [6.45, 7) is 1.80. The Morgan fingerprint density at radius 3 is 2.32 bits per heavy atom. The minimum atomic E-state index is -0.629. The van der Waals surface area contributed by atoms with E-state index in [1.165, 1.54) is 11.3 Å². The maximum atomic E-state index is 13.6. The second-order valence-electron chi connectivity index (χ2n) is 7.86. The van der Waals surface area contributed by atoms with Crippen LogP contribution in [0.1, 0.15) is 24.1 Å². The molecule has 0 fully saturated rings. The van der Waals surface area contributed by atoms with E-state index < -0.39 is 6.04 Å². The molecule has 4 aromatic rings. The van der Waals surface area contributed by atoms with Crippen molar-refractivity contribution in [1.82, 2.24) is 4.57 Å². The Bertz CT molecular complexity index is 1570. The summed E-state index contributed by atoms with van der Waals surface area (Å²) >= 11 is 7.45. The van der Waals surface area contributed by atoms with E-state index in [1.807, 2.05) is 78.9 Å². The van der Waals surface area contributed by atoms with Gasteiger partial charge in [-0.2, -0.15) is 0 Å². The van der Waals surface area contributed by atoms with E-state index in [1.54, 1.807) is 23.6 Å². The Morgan fingerprint density at radius 1 is 1.00 bits per heavy atom. The number of fused-ring (bicyclic) bond motifs is 1. The van der Waals surface area contributed by atoms with Crippen LogP contribution in [0.2, 0.25) is 5.02 Å². The van der Waals surface area contributed by atoms with Crippen molar-refractivity contribution in [3.8, 4) is 0 Å². The lowest BCUT2D eigenvalue weighted by atomic mass is 9.95. The average Bonchev–Trinajstić information content (AvgIpc) is 3.14. The van der Waals surface area contributed by atoms with E-state index in [-0.39, 0.29) is 11.5 Å². The van der Waals surface area contributed by atoms with Crippen LogP contribution in [0.15, 0.2) is 106 Å². The second kappa shape index (κ2) is 9.25. The molecule has 0 spiro atoms. The van der Waals surface area contributed by atoms with Crippen molar-refractivity contribution < 1.29 is 4.79 Å². The summed E-state index contributed by atoms with van der Waals surface area (Å²) in [6.07, 6.45) is 1.85. The highest BCUT2D eigenvalue weighted by Gasteiger charge is 2.32. The van der Waals surface area contributed by atoms with E-state index in [2.05, 4.69) is 10.3 Å². The Labute approximate surface area is 205 Å². The molecule has 1 aromatic heterocycles. The first-order valence-corrected chi connectivity index (χ1v) is 11.9. The number of anilines is 1. The van der Waals surface area contributed by atoms with Crippen molar-refractivity contribution in [3.63, 3.8) is 0 Å². The number of nitrogens with one attached hydrogen (secondary N) is 1. The van der Waals surface area contributed by atoms with Crippen molar-refractivity contribution in [3.05, 3.63) is 132 Å². The minimum absolute atomic E-state index is 0.190. The van der Waals surface area contributed by atoms with E-state index in [0.717, 1.165) is 11.1 Å². The number of para-hydroxylation sites is 1. The molecule has 1 atom stereocenters. The number of aromatic nitrogens is 1. The molecule has 1 amide bonds. The van der Waals surface area contributed by atoms with E-state index in [4.69, 9.17) is 11.6 Å². The van der Waals surface area contributed by atoms with Crippen molar-refractivity contribution in [2.45, 2.75) is 13.0 Å². The Kier molecular flexibility index (Phi) is 6.01. The Morgan fingerprint density at radius 2 is 1.65 bits per heavy atom. The summed E-state index contributed by atoms with van der Waals surface area (Å²) in [5, 5.41) is 3.53. The number of carbonyl (C=O) groups excluding carboxylic acids is 1. The number of nitrogens with zero attached hydrogens (tertiary/aromatic N) is 2. The SMILES string of the molecule is CC1=C(C(=O)Nc2ccccc2)[C@@H](c2ccc(Cl)cc2)n2c(s/c(=C\c3ccccc3)c2=O)=N1. The summed E-state index contributed by atoms with van der Waals surface area (Å²) in [4.78, 5) is 32.3. The lowest BCUT2D eigenvalue weighted by Gasteiger charge is -2.25. The molecule has 0 aliphatic carbocycles. The fourth-order valence-corrected chi connectivity index (χ4v) is 5.17. The van der Waals surface area contributed by atoms with Crippen LogP contribution in [0, 0.1) is 0 Å². The van der Waals surface area contributed by atoms with Gasteiger partial charge in [0.25, 0.3) is 11.5 Å². The third-order valence-corrected chi connectivity index (χ3v) is 6.82. The van der Waals surface area contributed by atoms with Crippen LogP contribution in [0.3, 0.4) is 0 Å². The molecule has 7 heteroatoms. The van der Waals surface area contributed by atoms with Crippen LogP contribution in [-0.2, 0) is 4.79 Å². The normalized spacial score (nSPS) is 15.6. The largest absolute Gasteiger partial charge is 0.322 e. The van der Waals surface area contributed by atoms with Crippen molar-refractivity contribution in [1.29, 1.82) is 0 Å². The van der Waals surface area contributed by atoms with Crippen molar-refractivity contribution in [2.24, 2.45) is 4.99 Å². The molecule has 3 aromatic carbocycles. The maximum absolute atomic E-state index is 13.6. The quantitative estimate of drug-likeness (QED) is 0.461. The fourth-order valence-electron chi connectivity index (χ4n) is 3.99. The highest BCUT2D eigenvalue weighted by Crippen LogP contribution is 2.31. The van der Waals surface area contributed by atoms with Gasteiger partial charge in [0.15, 0.2) is 4.80 Å². The van der Waals surface area contributed by atoms with Gasteiger partial charge in [-0.3, -0.25) is 14.2 Å². The Balaban J connectivity index is 1.68. The predicted octanol–water partition coefficient (Wildman–Crippen LogP) is 4.53. The molecule has 5 rings (SSSR count). The van der Waals surface area contributed by atoms with E-state index >= 15 is 0 Å². The molecule has 5 nitrogen and oxygen atoms in total. The number of amides is 1. The zero-order chi connectivity index (χ0) is 23.7. The standard InChI is InChI=1S/C27H20ClN3O2S/c1-17-23(25(32)30-21-10-6-3-7-11-21)24(19-12-14-20(28)15-13-19)31-26(33)22(34-27(31)29-17)16-18-8-4-2-5-9-18/h2-16,24H,1H3,(H,30,32)/b22-16-/t24-/m1/s1. The summed E-state index contributed by atoms with van der Waals surface area (Å²) < 4.78 is 2.16. The van der Waals surface area contributed by atoms with E-state index in [9.17, 15) is 9.59 Å². The maximum Gasteiger partial charge on any atom is 0.271 e. The predicted molar refractivity (Wildman–Crippen MR) is 137 cm³/mol. The number of hydrogen-bond donors (Lipinski definition) is 1. The van der Waals surface area contributed by atoms with Gasteiger partial charge in [-0.05, 0) is 48.4 Å². The summed E-state index contributed by atoms with van der Waals surface area (Å²) in [5.74, 6) is -0.301. The van der Waals surface area contributed by atoms with Gasteiger partial charge in [0.2, 0.25) is 0 Å². The molecule has 0 saturated carbocycles. The van der Waals surface area contributed by atoms with E-state index in [0.29, 0.717) is 31.3 Å². The third kappa shape index (κ3) is 4.25. The Hall–Kier alpha value is -3.74. The molecule has 0 saturated heterocycles. The number of carbonyl (C=O) groups is 1. The van der Waals surface area contributed by atoms with Gasteiger partial charge in [-0.15, -0.1) is 0 Å². The average molecular weight is 486 g/mol. The summed E-state index contributed by atoms with van der Waals surface area (Å²) in [5.41, 5.74) is 3.18. The molecule has 1 aliphatic rings. The molecule has 2 heterocycles. The van der Waals surface area contributed by atoms with Crippen molar-refractivity contribution in [2.75, 3.05) is 5.32 Å². The van der Waals surface area contributed by atoms with Gasteiger partial charge in [0, 0.05) is 10.7 Å². The summed E-state index contributed by atoms with van der Waals surface area (Å²) in [7, 11) is 0. The first kappa shape index (κ1) is 22.1. The van der Waals surface area contributed by atoms with Gasteiger partial charge in [-0.1, -0.05) is 83.6 Å². The zero-order valence-electron chi connectivity index (χ0n) is 18.2. The van der Waals surface area contributed by atoms with Crippen LogP contribution >= 0.6 is 22.9 Å². The molecule has 168 valence electrons. The topological polar surface area (TPSA) is 63.5 Å². The van der Waals surface area contributed by atoms with Gasteiger partial charge in [-0.25, -0.2) is 4.99 Å². The number of hydrogen-bond acceptors (Lipinski definition) is 4. The van der Waals surface area contributed by atoms with Crippen molar-refractivity contribution >= 4 is 40.6 Å². The number of halogens is 1. The second-order valence-corrected chi connectivity index (χ2v) is 9.31. The van der Waals surface area contributed by atoms with Crippen LogP contribution in [0.4, 0.5) is 5.69 Å². The monoisotopic (exact) mass is 485 g/mol. The van der Waals surface area contributed by atoms with Gasteiger partial charge < -0.3 is 5.32 Å². The van der Waals surface area contributed by atoms with Gasteiger partial charge in [0.05, 0.1) is 21.8 Å². The molecule has 34 heavy (non-hydrogen) atoms. The number of allylic oxidation sites excluding steroid dienone is 1. The minimum Gasteiger partial charge on any atom is -0.322 e. The molecule has 1 aliphatic heterocycles. The molecule has 0 bridgehead atoms. The molecule has 0 unspecified atom stereocenters. The van der Waals surface area contributed by atoms with Gasteiger partial charge >= 0.3 is 0 Å². The molecular formula is C27H20ClN3O2S. The fraction of sp³-hybridized carbons (Fsp3) is 0.0741. The summed E-state index contributed by atoms with van der Waals surface area (Å²) in [6, 6.07) is 25.5. The third-order valence-electron chi connectivity index (χ3n) is 5.58. The molecule has 1 N–H and O–H groups in total.